The number of hydrogen-bond donors (Lipinski definition) is 0. The van der Waals surface area contributed by atoms with Crippen molar-refractivity contribution in [2.75, 3.05) is 6.61 Å². The van der Waals surface area contributed by atoms with Crippen LogP contribution in [0.2, 0.25) is 0 Å². The van der Waals surface area contributed by atoms with Crippen LogP contribution in [0.5, 0.6) is 0 Å². The quantitative estimate of drug-likeness (QED) is 0.702. The van der Waals surface area contributed by atoms with Crippen molar-refractivity contribution in [2.45, 2.75) is 46.3 Å². The highest BCUT2D eigenvalue weighted by Gasteiger charge is 2.39. The maximum absolute atomic E-state index is 11.8. The van der Waals surface area contributed by atoms with Crippen LogP contribution in [-0.4, -0.2) is 18.7 Å². The number of hydrogen-bond acceptors (Lipinski definition) is 3. The number of rotatable bonds is 2. The number of ether oxygens (including phenoxy) is 2. The molecular formula is C12H18O3. The van der Waals surface area contributed by atoms with Gasteiger partial charge in [0.2, 0.25) is 6.29 Å². The number of allylic oxidation sites excluding steroid dienone is 1. The molecule has 0 aromatic rings. The molecular weight excluding hydrogens is 192 g/mol. The number of Topliss-reactive ketones (excluding diaryl/α,β-unsaturated/α-hetero) is 1. The van der Waals surface area contributed by atoms with E-state index >= 15 is 0 Å². The lowest BCUT2D eigenvalue weighted by molar-refractivity contribution is -0.118. The summed E-state index contributed by atoms with van der Waals surface area (Å²) < 4.78 is 11.0. The topological polar surface area (TPSA) is 35.5 Å². The molecule has 3 nitrogen and oxygen atoms in total. The van der Waals surface area contributed by atoms with Crippen molar-refractivity contribution in [1.82, 2.24) is 0 Å². The van der Waals surface area contributed by atoms with E-state index in [1.54, 1.807) is 0 Å². The second-order valence-electron chi connectivity index (χ2n) is 5.05. The zero-order chi connectivity index (χ0) is 11.1. The van der Waals surface area contributed by atoms with Gasteiger partial charge < -0.3 is 9.47 Å². The number of carbonyl (C=O) groups is 1. The molecule has 0 N–H and O–H groups in total. The van der Waals surface area contributed by atoms with Crippen molar-refractivity contribution in [2.24, 2.45) is 5.41 Å². The van der Waals surface area contributed by atoms with Crippen LogP contribution in [0, 0.1) is 5.41 Å². The van der Waals surface area contributed by atoms with Crippen LogP contribution in [0.3, 0.4) is 0 Å². The van der Waals surface area contributed by atoms with Gasteiger partial charge in [-0.05, 0) is 12.3 Å². The highest BCUT2D eigenvalue weighted by Crippen LogP contribution is 2.42. The summed E-state index contributed by atoms with van der Waals surface area (Å²) in [4.78, 5) is 11.8. The summed E-state index contributed by atoms with van der Waals surface area (Å²) in [5.41, 5.74) is 0.907. The lowest BCUT2D eigenvalue weighted by Crippen LogP contribution is -2.24. The van der Waals surface area contributed by atoms with Gasteiger partial charge in [-0.25, -0.2) is 0 Å². The van der Waals surface area contributed by atoms with E-state index in [-0.39, 0.29) is 17.5 Å². The average Bonchev–Trinajstić information content (AvgIpc) is 2.46. The highest BCUT2D eigenvalue weighted by molar-refractivity contribution is 5.97. The Morgan fingerprint density at radius 1 is 1.47 bits per heavy atom. The van der Waals surface area contributed by atoms with E-state index in [0.29, 0.717) is 19.4 Å². The Bertz CT molecular complexity index is 315. The van der Waals surface area contributed by atoms with Gasteiger partial charge in [-0.2, -0.15) is 0 Å². The fourth-order valence-corrected chi connectivity index (χ4v) is 2.29. The minimum atomic E-state index is -0.224. The lowest BCUT2D eigenvalue weighted by atomic mass is 9.76. The third kappa shape index (κ3) is 2.07. The van der Waals surface area contributed by atoms with Gasteiger partial charge in [0.05, 0.1) is 0 Å². The van der Waals surface area contributed by atoms with Crippen LogP contribution in [0.25, 0.3) is 0 Å². The summed E-state index contributed by atoms with van der Waals surface area (Å²) in [6.45, 7) is 6.77. The zero-order valence-corrected chi connectivity index (χ0v) is 9.63. The normalized spacial score (nSPS) is 29.0. The standard InChI is InChI=1S/C12H18O3/c1-4-14-11-5-8-9(13)6-12(2,3)7-10(8)15-11/h11H,4-7H2,1-3H3. The molecule has 0 aromatic heterocycles. The summed E-state index contributed by atoms with van der Waals surface area (Å²) >= 11 is 0. The van der Waals surface area contributed by atoms with Crippen molar-refractivity contribution in [3.8, 4) is 0 Å². The van der Waals surface area contributed by atoms with Crippen LogP contribution in [0.4, 0.5) is 0 Å². The van der Waals surface area contributed by atoms with Gasteiger partial charge in [0.15, 0.2) is 5.78 Å². The molecule has 1 aliphatic heterocycles. The highest BCUT2D eigenvalue weighted by atomic mass is 16.7. The SMILES string of the molecule is CCOC1CC2=C(CC(C)(C)CC2=O)O1. The van der Waals surface area contributed by atoms with Crippen molar-refractivity contribution in [1.29, 1.82) is 0 Å². The van der Waals surface area contributed by atoms with Gasteiger partial charge in [0.25, 0.3) is 0 Å². The molecule has 1 heterocycles. The number of carbonyl (C=O) groups excluding carboxylic acids is 1. The maximum atomic E-state index is 11.8. The van der Waals surface area contributed by atoms with Crippen molar-refractivity contribution in [3.05, 3.63) is 11.3 Å². The monoisotopic (exact) mass is 210 g/mol. The summed E-state index contributed by atoms with van der Waals surface area (Å²) in [5, 5.41) is 0. The van der Waals surface area contributed by atoms with Crippen molar-refractivity contribution >= 4 is 5.78 Å². The van der Waals surface area contributed by atoms with Gasteiger partial charge in [0, 0.05) is 31.4 Å². The smallest absolute Gasteiger partial charge is 0.203 e. The molecule has 3 heteroatoms. The Hall–Kier alpha value is -0.830. The molecule has 1 unspecified atom stereocenters. The van der Waals surface area contributed by atoms with Crippen LogP contribution in [0.15, 0.2) is 11.3 Å². The van der Waals surface area contributed by atoms with Crippen LogP contribution >= 0.6 is 0 Å². The van der Waals surface area contributed by atoms with E-state index in [4.69, 9.17) is 9.47 Å². The third-order valence-electron chi connectivity index (χ3n) is 2.95. The molecule has 1 aliphatic carbocycles. The average molecular weight is 210 g/mol. The molecule has 0 radical (unpaired) electrons. The van der Waals surface area contributed by atoms with E-state index < -0.39 is 0 Å². The minimum Gasteiger partial charge on any atom is -0.468 e. The van der Waals surface area contributed by atoms with Crippen molar-refractivity contribution in [3.63, 3.8) is 0 Å². The molecule has 1 atom stereocenters. The summed E-state index contributed by atoms with van der Waals surface area (Å²) in [6.07, 6.45) is 1.90. The molecule has 0 amide bonds. The lowest BCUT2D eigenvalue weighted by Gasteiger charge is -2.28. The molecule has 2 aliphatic rings. The van der Waals surface area contributed by atoms with Gasteiger partial charge in [-0.15, -0.1) is 0 Å². The molecule has 0 saturated carbocycles. The molecule has 84 valence electrons. The Morgan fingerprint density at radius 2 is 2.20 bits per heavy atom. The summed E-state index contributed by atoms with van der Waals surface area (Å²) in [5.74, 6) is 1.11. The molecule has 0 saturated heterocycles. The Labute approximate surface area is 90.4 Å². The molecule has 0 fully saturated rings. The fraction of sp³-hybridized carbons (Fsp3) is 0.750. The molecule has 0 spiro atoms. The Balaban J connectivity index is 2.12. The van der Waals surface area contributed by atoms with Crippen LogP contribution < -0.4 is 0 Å². The molecule has 2 rings (SSSR count). The fourth-order valence-electron chi connectivity index (χ4n) is 2.29. The van der Waals surface area contributed by atoms with E-state index in [1.807, 2.05) is 6.92 Å². The molecule has 0 bridgehead atoms. The molecule has 0 aromatic carbocycles. The Kier molecular flexibility index (Phi) is 2.59. The molecule has 15 heavy (non-hydrogen) atoms. The second kappa shape index (κ2) is 3.63. The Morgan fingerprint density at radius 3 is 2.87 bits per heavy atom. The van der Waals surface area contributed by atoms with Crippen LogP contribution in [-0.2, 0) is 14.3 Å². The maximum Gasteiger partial charge on any atom is 0.203 e. The van der Waals surface area contributed by atoms with Gasteiger partial charge in [-0.3, -0.25) is 4.79 Å². The van der Waals surface area contributed by atoms with Crippen LogP contribution in [0.1, 0.15) is 40.0 Å². The summed E-state index contributed by atoms with van der Waals surface area (Å²) in [7, 11) is 0. The second-order valence-corrected chi connectivity index (χ2v) is 5.05. The predicted octanol–water partition coefficient (Wildman–Crippen LogP) is 2.41. The van der Waals surface area contributed by atoms with E-state index in [2.05, 4.69) is 13.8 Å². The first-order valence-corrected chi connectivity index (χ1v) is 5.55. The first kappa shape index (κ1) is 10.7. The zero-order valence-electron chi connectivity index (χ0n) is 9.63. The minimum absolute atomic E-state index is 0.0387. The third-order valence-corrected chi connectivity index (χ3v) is 2.95. The first-order valence-electron chi connectivity index (χ1n) is 5.55. The van der Waals surface area contributed by atoms with E-state index in [9.17, 15) is 4.79 Å². The largest absolute Gasteiger partial charge is 0.468 e. The number of ketones is 1. The van der Waals surface area contributed by atoms with Gasteiger partial charge >= 0.3 is 0 Å². The predicted molar refractivity (Wildman–Crippen MR) is 56.2 cm³/mol. The van der Waals surface area contributed by atoms with E-state index in [0.717, 1.165) is 17.8 Å². The first-order chi connectivity index (χ1) is 7.02. The van der Waals surface area contributed by atoms with Gasteiger partial charge in [-0.1, -0.05) is 13.8 Å². The summed E-state index contributed by atoms with van der Waals surface area (Å²) in [6, 6.07) is 0. The van der Waals surface area contributed by atoms with Gasteiger partial charge in [0.1, 0.15) is 5.76 Å². The van der Waals surface area contributed by atoms with Crippen molar-refractivity contribution < 1.29 is 14.3 Å². The van der Waals surface area contributed by atoms with E-state index in [1.165, 1.54) is 0 Å².